The van der Waals surface area contributed by atoms with Crippen LogP contribution in [-0.2, 0) is 4.74 Å². The fraction of sp³-hybridized carbons (Fsp3) is 0.846. The molecule has 0 aromatic rings. The summed E-state index contributed by atoms with van der Waals surface area (Å²) in [5.74, 6) is 0. The molecule has 0 bridgehead atoms. The quantitative estimate of drug-likeness (QED) is 0.669. The summed E-state index contributed by atoms with van der Waals surface area (Å²) >= 11 is 0. The van der Waals surface area contributed by atoms with E-state index in [2.05, 4.69) is 24.8 Å². The Bertz CT molecular complexity index is 183. The molecule has 1 aliphatic heterocycles. The lowest BCUT2D eigenvalue weighted by atomic mass is 10.1. The molecule has 0 radical (unpaired) electrons. The first-order valence-corrected chi connectivity index (χ1v) is 6.40. The highest BCUT2D eigenvalue weighted by Gasteiger charge is 2.12. The Morgan fingerprint density at radius 1 is 1.20 bits per heavy atom. The largest absolute Gasteiger partial charge is 0.378 e. The van der Waals surface area contributed by atoms with E-state index in [-0.39, 0.29) is 0 Å². The van der Waals surface area contributed by atoms with Gasteiger partial charge < -0.3 is 9.64 Å². The van der Waals surface area contributed by atoms with Crippen LogP contribution >= 0.6 is 0 Å². The Balaban J connectivity index is 2.45. The van der Waals surface area contributed by atoms with Crippen LogP contribution in [0.15, 0.2) is 11.8 Å². The van der Waals surface area contributed by atoms with Crippen LogP contribution in [-0.4, -0.2) is 31.2 Å². The Morgan fingerprint density at radius 3 is 2.53 bits per heavy atom. The monoisotopic (exact) mass is 211 g/mol. The Hall–Kier alpha value is -0.500. The molecular weight excluding hydrogens is 186 g/mol. The molecule has 1 heterocycles. The van der Waals surface area contributed by atoms with Crippen LogP contribution in [0.5, 0.6) is 0 Å². The molecule has 15 heavy (non-hydrogen) atoms. The first-order valence-electron chi connectivity index (χ1n) is 6.40. The van der Waals surface area contributed by atoms with Crippen LogP contribution in [0.3, 0.4) is 0 Å². The molecule has 0 aromatic heterocycles. The van der Waals surface area contributed by atoms with Crippen LogP contribution in [0, 0.1) is 0 Å². The second-order valence-electron chi connectivity index (χ2n) is 4.19. The van der Waals surface area contributed by atoms with E-state index in [1.54, 1.807) is 5.70 Å². The molecule has 0 N–H and O–H groups in total. The van der Waals surface area contributed by atoms with E-state index in [4.69, 9.17) is 4.74 Å². The molecule has 0 aliphatic carbocycles. The van der Waals surface area contributed by atoms with Gasteiger partial charge in [-0.1, -0.05) is 32.8 Å². The summed E-state index contributed by atoms with van der Waals surface area (Å²) in [5.41, 5.74) is 1.56. The zero-order valence-electron chi connectivity index (χ0n) is 10.3. The van der Waals surface area contributed by atoms with E-state index in [0.29, 0.717) is 0 Å². The lowest BCUT2D eigenvalue weighted by Gasteiger charge is -2.31. The molecule has 0 unspecified atom stereocenters. The van der Waals surface area contributed by atoms with Crippen molar-refractivity contribution in [2.75, 3.05) is 26.3 Å². The van der Waals surface area contributed by atoms with Crippen LogP contribution in [0.4, 0.5) is 0 Å². The Labute approximate surface area is 94.3 Å². The predicted molar refractivity (Wildman–Crippen MR) is 64.9 cm³/mol. The molecule has 1 fully saturated rings. The van der Waals surface area contributed by atoms with E-state index in [1.807, 2.05) is 0 Å². The van der Waals surface area contributed by atoms with Crippen molar-refractivity contribution in [1.82, 2.24) is 4.90 Å². The third-order valence-corrected chi connectivity index (χ3v) is 2.87. The molecule has 0 amide bonds. The number of hydrogen-bond acceptors (Lipinski definition) is 2. The molecule has 1 aliphatic rings. The second kappa shape index (κ2) is 7.75. The predicted octanol–water partition coefficient (Wildman–Crippen LogP) is 3.19. The molecular formula is C13H25NO. The molecule has 2 nitrogen and oxygen atoms in total. The topological polar surface area (TPSA) is 12.5 Å². The van der Waals surface area contributed by atoms with E-state index in [9.17, 15) is 0 Å². The van der Waals surface area contributed by atoms with Gasteiger partial charge in [0.15, 0.2) is 0 Å². The number of morpholine rings is 1. The molecule has 2 heteroatoms. The molecule has 0 aromatic carbocycles. The maximum atomic E-state index is 5.39. The van der Waals surface area contributed by atoms with Gasteiger partial charge in [-0.2, -0.15) is 0 Å². The molecule has 0 atom stereocenters. The highest BCUT2D eigenvalue weighted by Crippen LogP contribution is 2.16. The first-order chi connectivity index (χ1) is 7.38. The fourth-order valence-electron chi connectivity index (χ4n) is 1.91. The number of nitrogens with zero attached hydrogens (tertiary/aromatic N) is 1. The Kier molecular flexibility index (Phi) is 6.49. The smallest absolute Gasteiger partial charge is 0.0642 e. The summed E-state index contributed by atoms with van der Waals surface area (Å²) < 4.78 is 5.39. The number of ether oxygens (including phenoxy) is 1. The summed E-state index contributed by atoms with van der Waals surface area (Å²) in [6.07, 6.45) is 8.74. The van der Waals surface area contributed by atoms with Crippen molar-refractivity contribution in [2.24, 2.45) is 0 Å². The third kappa shape index (κ3) is 4.70. The summed E-state index contributed by atoms with van der Waals surface area (Å²) in [6.45, 7) is 8.47. The van der Waals surface area contributed by atoms with Gasteiger partial charge in [0.25, 0.3) is 0 Å². The summed E-state index contributed by atoms with van der Waals surface area (Å²) in [5, 5.41) is 0. The normalized spacial score (nSPS) is 18.3. The lowest BCUT2D eigenvalue weighted by Crippen LogP contribution is -2.35. The van der Waals surface area contributed by atoms with E-state index in [0.717, 1.165) is 26.3 Å². The molecule has 1 saturated heterocycles. The average Bonchev–Trinajstić information content (AvgIpc) is 2.30. The Morgan fingerprint density at radius 2 is 1.93 bits per heavy atom. The molecule has 88 valence electrons. The number of rotatable bonds is 6. The van der Waals surface area contributed by atoms with Crippen LogP contribution in [0.25, 0.3) is 0 Å². The van der Waals surface area contributed by atoms with Crippen LogP contribution in [0.2, 0.25) is 0 Å². The van der Waals surface area contributed by atoms with Gasteiger partial charge in [0.1, 0.15) is 0 Å². The van der Waals surface area contributed by atoms with Gasteiger partial charge in [-0.15, -0.1) is 0 Å². The number of allylic oxidation sites excluding steroid dienone is 2. The molecule has 1 rings (SSSR count). The van der Waals surface area contributed by atoms with Crippen LogP contribution < -0.4 is 0 Å². The van der Waals surface area contributed by atoms with Gasteiger partial charge in [0.2, 0.25) is 0 Å². The average molecular weight is 211 g/mol. The summed E-state index contributed by atoms with van der Waals surface area (Å²) in [6, 6.07) is 0. The van der Waals surface area contributed by atoms with E-state index >= 15 is 0 Å². The van der Waals surface area contributed by atoms with Crippen molar-refractivity contribution in [3.63, 3.8) is 0 Å². The van der Waals surface area contributed by atoms with Crippen molar-refractivity contribution in [3.8, 4) is 0 Å². The lowest BCUT2D eigenvalue weighted by molar-refractivity contribution is 0.0517. The summed E-state index contributed by atoms with van der Waals surface area (Å²) in [4.78, 5) is 2.51. The second-order valence-corrected chi connectivity index (χ2v) is 4.19. The SMILES string of the molecule is CCC/C=C(\CCCC)N1CCOCC1. The minimum absolute atomic E-state index is 0.898. The summed E-state index contributed by atoms with van der Waals surface area (Å²) in [7, 11) is 0. The van der Waals surface area contributed by atoms with E-state index < -0.39 is 0 Å². The van der Waals surface area contributed by atoms with Gasteiger partial charge in [0, 0.05) is 18.8 Å². The van der Waals surface area contributed by atoms with Crippen molar-refractivity contribution in [3.05, 3.63) is 11.8 Å². The first kappa shape index (κ1) is 12.6. The van der Waals surface area contributed by atoms with Gasteiger partial charge in [-0.3, -0.25) is 0 Å². The van der Waals surface area contributed by atoms with Gasteiger partial charge in [0.05, 0.1) is 13.2 Å². The number of hydrogen-bond donors (Lipinski definition) is 0. The number of unbranched alkanes of at least 4 members (excludes halogenated alkanes) is 2. The van der Waals surface area contributed by atoms with Gasteiger partial charge >= 0.3 is 0 Å². The minimum atomic E-state index is 0.898. The minimum Gasteiger partial charge on any atom is -0.378 e. The maximum absolute atomic E-state index is 5.39. The highest BCUT2D eigenvalue weighted by molar-refractivity contribution is 5.02. The molecule has 0 spiro atoms. The van der Waals surface area contributed by atoms with Crippen molar-refractivity contribution in [2.45, 2.75) is 46.0 Å². The zero-order chi connectivity index (χ0) is 10.9. The van der Waals surface area contributed by atoms with Gasteiger partial charge in [-0.05, 0) is 19.3 Å². The molecule has 0 saturated carbocycles. The van der Waals surface area contributed by atoms with Crippen molar-refractivity contribution >= 4 is 0 Å². The highest BCUT2D eigenvalue weighted by atomic mass is 16.5. The van der Waals surface area contributed by atoms with Crippen molar-refractivity contribution in [1.29, 1.82) is 0 Å². The van der Waals surface area contributed by atoms with E-state index in [1.165, 1.54) is 32.1 Å². The van der Waals surface area contributed by atoms with Gasteiger partial charge in [-0.25, -0.2) is 0 Å². The third-order valence-electron chi connectivity index (χ3n) is 2.87. The van der Waals surface area contributed by atoms with Crippen LogP contribution in [0.1, 0.15) is 46.0 Å². The maximum Gasteiger partial charge on any atom is 0.0642 e. The standard InChI is InChI=1S/C13H25NO/c1-3-5-7-13(8-6-4-2)14-9-11-15-12-10-14/h7H,3-6,8-12H2,1-2H3/b13-7+. The van der Waals surface area contributed by atoms with Crippen molar-refractivity contribution < 1.29 is 4.74 Å². The zero-order valence-corrected chi connectivity index (χ0v) is 10.3. The fourth-order valence-corrected chi connectivity index (χ4v) is 1.91.